The summed E-state index contributed by atoms with van der Waals surface area (Å²) in [5.41, 5.74) is 0.0182. The van der Waals surface area contributed by atoms with Crippen molar-refractivity contribution in [3.8, 4) is 0 Å². The van der Waals surface area contributed by atoms with Crippen molar-refractivity contribution < 1.29 is 14.7 Å². The lowest BCUT2D eigenvalue weighted by Gasteiger charge is -2.22. The van der Waals surface area contributed by atoms with Gasteiger partial charge in [0, 0.05) is 25.7 Å². The molecule has 1 aliphatic heterocycles. The summed E-state index contributed by atoms with van der Waals surface area (Å²) in [5.74, 6) is -0.564. The zero-order valence-electron chi connectivity index (χ0n) is 11.3. The summed E-state index contributed by atoms with van der Waals surface area (Å²) in [6, 6.07) is 0. The van der Waals surface area contributed by atoms with Crippen molar-refractivity contribution in [3.05, 3.63) is 18.2 Å². The predicted molar refractivity (Wildman–Crippen MR) is 72.4 cm³/mol. The Bertz CT molecular complexity index is 466. The number of carboxylic acids is 1. The molecule has 0 aliphatic carbocycles. The van der Waals surface area contributed by atoms with Crippen LogP contribution in [0.3, 0.4) is 0 Å². The Hall–Kier alpha value is -1.89. The van der Waals surface area contributed by atoms with Crippen LogP contribution in [0.25, 0.3) is 0 Å². The molecule has 1 amide bonds. The van der Waals surface area contributed by atoms with Gasteiger partial charge in [-0.15, -0.1) is 0 Å². The molecule has 0 spiro atoms. The van der Waals surface area contributed by atoms with E-state index in [-0.39, 0.29) is 11.6 Å². The van der Waals surface area contributed by atoms with Gasteiger partial charge in [0.1, 0.15) is 0 Å². The van der Waals surface area contributed by atoms with Gasteiger partial charge in [-0.25, -0.2) is 9.78 Å². The standard InChI is InChI=1S/C13H20N4O3/c18-12(6-10-2-1-3-14-7-10)15-4-5-17-8-11(13(19)20)16-9-17/h8-10,14H,1-7H2,(H,15,18)(H,19,20). The van der Waals surface area contributed by atoms with Gasteiger partial charge in [-0.05, 0) is 31.8 Å². The van der Waals surface area contributed by atoms with Crippen molar-refractivity contribution >= 4 is 11.9 Å². The summed E-state index contributed by atoms with van der Waals surface area (Å²) < 4.78 is 1.66. The van der Waals surface area contributed by atoms with Crippen LogP contribution in [0.5, 0.6) is 0 Å². The van der Waals surface area contributed by atoms with Crippen molar-refractivity contribution in [2.24, 2.45) is 5.92 Å². The number of nitrogens with zero attached hydrogens (tertiary/aromatic N) is 2. The molecule has 3 N–H and O–H groups in total. The summed E-state index contributed by atoms with van der Waals surface area (Å²) >= 11 is 0. The molecular weight excluding hydrogens is 260 g/mol. The molecule has 2 rings (SSSR count). The molecular formula is C13H20N4O3. The lowest BCUT2D eigenvalue weighted by molar-refractivity contribution is -0.122. The molecule has 1 aromatic rings. The van der Waals surface area contributed by atoms with Gasteiger partial charge in [-0.3, -0.25) is 4.79 Å². The fourth-order valence-corrected chi connectivity index (χ4v) is 2.35. The van der Waals surface area contributed by atoms with Gasteiger partial charge in [0.2, 0.25) is 5.91 Å². The third-order valence-corrected chi connectivity index (χ3v) is 3.42. The minimum Gasteiger partial charge on any atom is -0.476 e. The molecule has 1 unspecified atom stereocenters. The van der Waals surface area contributed by atoms with Gasteiger partial charge in [0.25, 0.3) is 0 Å². The van der Waals surface area contributed by atoms with E-state index in [1.807, 2.05) is 0 Å². The monoisotopic (exact) mass is 280 g/mol. The SMILES string of the molecule is O=C(CC1CCCNC1)NCCn1cnc(C(=O)O)c1. The number of rotatable bonds is 6. The maximum Gasteiger partial charge on any atom is 0.356 e. The zero-order valence-corrected chi connectivity index (χ0v) is 11.3. The number of hydrogen-bond donors (Lipinski definition) is 3. The molecule has 7 heteroatoms. The second kappa shape index (κ2) is 7.04. The Morgan fingerprint density at radius 1 is 1.55 bits per heavy atom. The molecule has 1 atom stereocenters. The average Bonchev–Trinajstić information content (AvgIpc) is 2.89. The number of imidazole rings is 1. The second-order valence-corrected chi connectivity index (χ2v) is 5.07. The van der Waals surface area contributed by atoms with Gasteiger partial charge >= 0.3 is 5.97 Å². The van der Waals surface area contributed by atoms with Gasteiger partial charge in [-0.2, -0.15) is 0 Å². The van der Waals surface area contributed by atoms with Gasteiger partial charge in [0.05, 0.1) is 6.33 Å². The van der Waals surface area contributed by atoms with E-state index in [0.717, 1.165) is 25.9 Å². The quantitative estimate of drug-likeness (QED) is 0.686. The number of nitrogens with one attached hydrogen (secondary N) is 2. The number of carbonyl (C=O) groups is 2. The summed E-state index contributed by atoms with van der Waals surface area (Å²) in [6.45, 7) is 2.96. The van der Waals surface area contributed by atoms with Crippen LogP contribution in [0, 0.1) is 5.92 Å². The van der Waals surface area contributed by atoms with Crippen LogP contribution >= 0.6 is 0 Å². The van der Waals surface area contributed by atoms with Crippen LogP contribution < -0.4 is 10.6 Å². The Balaban J connectivity index is 1.66. The van der Waals surface area contributed by atoms with Crippen LogP contribution in [-0.2, 0) is 11.3 Å². The number of carbonyl (C=O) groups excluding carboxylic acids is 1. The zero-order chi connectivity index (χ0) is 14.4. The fourth-order valence-electron chi connectivity index (χ4n) is 2.35. The van der Waals surface area contributed by atoms with Crippen molar-refractivity contribution in [2.75, 3.05) is 19.6 Å². The molecule has 1 aliphatic rings. The van der Waals surface area contributed by atoms with Crippen molar-refractivity contribution in [1.82, 2.24) is 20.2 Å². The molecule has 0 saturated carbocycles. The van der Waals surface area contributed by atoms with E-state index in [4.69, 9.17) is 5.11 Å². The van der Waals surface area contributed by atoms with Crippen LogP contribution in [0.1, 0.15) is 29.8 Å². The second-order valence-electron chi connectivity index (χ2n) is 5.07. The van der Waals surface area contributed by atoms with Crippen molar-refractivity contribution in [1.29, 1.82) is 0 Å². The van der Waals surface area contributed by atoms with Gasteiger partial charge in [0.15, 0.2) is 5.69 Å². The molecule has 1 fully saturated rings. The molecule has 0 aromatic carbocycles. The summed E-state index contributed by atoms with van der Waals surface area (Å²) in [4.78, 5) is 26.2. The van der Waals surface area contributed by atoms with E-state index in [2.05, 4.69) is 15.6 Å². The lowest BCUT2D eigenvalue weighted by atomic mass is 9.96. The first-order valence-electron chi connectivity index (χ1n) is 6.87. The van der Waals surface area contributed by atoms with Crippen molar-refractivity contribution in [3.63, 3.8) is 0 Å². The Morgan fingerprint density at radius 3 is 3.05 bits per heavy atom. The first-order valence-corrected chi connectivity index (χ1v) is 6.87. The maximum atomic E-state index is 11.8. The first-order chi connectivity index (χ1) is 9.65. The molecule has 110 valence electrons. The minimum atomic E-state index is -1.04. The average molecular weight is 280 g/mol. The topological polar surface area (TPSA) is 96.3 Å². The lowest BCUT2D eigenvalue weighted by Crippen LogP contribution is -2.35. The smallest absolute Gasteiger partial charge is 0.356 e. The number of piperidine rings is 1. The third kappa shape index (κ3) is 4.34. The van der Waals surface area contributed by atoms with Crippen LogP contribution in [0.15, 0.2) is 12.5 Å². The number of carboxylic acid groups (broad SMARTS) is 1. The summed E-state index contributed by atoms with van der Waals surface area (Å²) in [6.07, 6.45) is 5.70. The number of aromatic nitrogens is 2. The summed E-state index contributed by atoms with van der Waals surface area (Å²) in [5, 5.41) is 14.9. The largest absolute Gasteiger partial charge is 0.476 e. The Kier molecular flexibility index (Phi) is 5.11. The van der Waals surface area contributed by atoms with Gasteiger partial charge < -0.3 is 20.3 Å². The molecule has 20 heavy (non-hydrogen) atoms. The third-order valence-electron chi connectivity index (χ3n) is 3.42. The molecule has 1 aromatic heterocycles. The predicted octanol–water partition coefficient (Wildman–Crippen LogP) is 0.0872. The van der Waals surface area contributed by atoms with E-state index < -0.39 is 5.97 Å². The number of aromatic carboxylic acids is 1. The molecule has 7 nitrogen and oxygen atoms in total. The van der Waals surface area contributed by atoms with E-state index in [9.17, 15) is 9.59 Å². The number of amides is 1. The number of hydrogen-bond acceptors (Lipinski definition) is 4. The highest BCUT2D eigenvalue weighted by Crippen LogP contribution is 2.13. The highest BCUT2D eigenvalue weighted by molar-refractivity contribution is 5.84. The van der Waals surface area contributed by atoms with E-state index >= 15 is 0 Å². The molecule has 1 saturated heterocycles. The van der Waals surface area contributed by atoms with Crippen LogP contribution in [0.4, 0.5) is 0 Å². The van der Waals surface area contributed by atoms with Crippen molar-refractivity contribution in [2.45, 2.75) is 25.8 Å². The van der Waals surface area contributed by atoms with Crippen LogP contribution in [-0.4, -0.2) is 46.2 Å². The van der Waals surface area contributed by atoms with Gasteiger partial charge in [-0.1, -0.05) is 0 Å². The molecule has 2 heterocycles. The normalized spacial score (nSPS) is 18.7. The Morgan fingerprint density at radius 2 is 2.40 bits per heavy atom. The van der Waals surface area contributed by atoms with E-state index in [1.54, 1.807) is 4.57 Å². The van der Waals surface area contributed by atoms with E-state index in [0.29, 0.717) is 25.4 Å². The highest BCUT2D eigenvalue weighted by Gasteiger charge is 2.16. The Labute approximate surface area is 117 Å². The fraction of sp³-hybridized carbons (Fsp3) is 0.615. The maximum absolute atomic E-state index is 11.8. The first kappa shape index (κ1) is 14.5. The van der Waals surface area contributed by atoms with Crippen LogP contribution in [0.2, 0.25) is 0 Å². The summed E-state index contributed by atoms with van der Waals surface area (Å²) in [7, 11) is 0. The minimum absolute atomic E-state index is 0.0182. The van der Waals surface area contributed by atoms with E-state index in [1.165, 1.54) is 12.5 Å². The highest BCUT2D eigenvalue weighted by atomic mass is 16.4. The molecule has 0 bridgehead atoms. The molecule has 0 radical (unpaired) electrons.